The predicted octanol–water partition coefficient (Wildman–Crippen LogP) is 0.764. The lowest BCUT2D eigenvalue weighted by Gasteiger charge is -2.11. The molecular formula is C12H21NO4. The second-order valence-electron chi connectivity index (χ2n) is 4.83. The number of hydrogen-bond acceptors (Lipinski definition) is 3. The van der Waals surface area contributed by atoms with Gasteiger partial charge in [-0.15, -0.1) is 0 Å². The minimum Gasteiger partial charge on any atom is -0.481 e. The van der Waals surface area contributed by atoms with Crippen molar-refractivity contribution in [1.29, 1.82) is 0 Å². The summed E-state index contributed by atoms with van der Waals surface area (Å²) in [5, 5.41) is 20.7. The zero-order chi connectivity index (χ0) is 12.8. The third kappa shape index (κ3) is 4.73. The normalized spacial score (nSPS) is 25.5. The highest BCUT2D eigenvalue weighted by atomic mass is 16.4. The molecule has 0 aromatic carbocycles. The number of carbonyl (C=O) groups is 2. The molecule has 1 aliphatic rings. The van der Waals surface area contributed by atoms with Crippen LogP contribution in [0.3, 0.4) is 0 Å². The first-order valence-electron chi connectivity index (χ1n) is 6.19. The number of nitrogens with one attached hydrogen (secondary N) is 1. The van der Waals surface area contributed by atoms with Crippen molar-refractivity contribution in [2.24, 2.45) is 11.8 Å². The monoisotopic (exact) mass is 243 g/mol. The topological polar surface area (TPSA) is 86.6 Å². The van der Waals surface area contributed by atoms with E-state index >= 15 is 0 Å². The molecule has 1 unspecified atom stereocenters. The van der Waals surface area contributed by atoms with E-state index in [4.69, 9.17) is 10.2 Å². The van der Waals surface area contributed by atoms with Gasteiger partial charge in [0.25, 0.3) is 0 Å². The third-order valence-electron chi connectivity index (χ3n) is 3.25. The fourth-order valence-electron chi connectivity index (χ4n) is 2.20. The lowest BCUT2D eigenvalue weighted by molar-refractivity contribution is -0.141. The SMILES string of the molecule is CC(O)CCCNC(=O)[C@@H]1CC[C@H](C(=O)O)C1. The van der Waals surface area contributed by atoms with E-state index in [2.05, 4.69) is 5.32 Å². The summed E-state index contributed by atoms with van der Waals surface area (Å²) in [7, 11) is 0. The molecule has 0 aliphatic heterocycles. The number of carbonyl (C=O) groups excluding carboxylic acids is 1. The molecule has 5 nitrogen and oxygen atoms in total. The number of aliphatic hydroxyl groups is 1. The van der Waals surface area contributed by atoms with Gasteiger partial charge in [0.05, 0.1) is 12.0 Å². The molecule has 0 aromatic heterocycles. The van der Waals surface area contributed by atoms with Crippen molar-refractivity contribution < 1.29 is 19.8 Å². The van der Waals surface area contributed by atoms with Gasteiger partial charge >= 0.3 is 5.97 Å². The average Bonchev–Trinajstić information content (AvgIpc) is 2.73. The Bertz CT molecular complexity index is 278. The number of carboxylic acids is 1. The van der Waals surface area contributed by atoms with E-state index in [1.165, 1.54) is 0 Å². The van der Waals surface area contributed by atoms with Crippen LogP contribution in [0.5, 0.6) is 0 Å². The third-order valence-corrected chi connectivity index (χ3v) is 3.25. The molecule has 0 bridgehead atoms. The summed E-state index contributed by atoms with van der Waals surface area (Å²) >= 11 is 0. The van der Waals surface area contributed by atoms with Gasteiger partial charge in [-0.1, -0.05) is 0 Å². The standard InChI is InChI=1S/C12H21NO4/c1-8(14)3-2-6-13-11(15)9-4-5-10(7-9)12(16)17/h8-10,14H,2-7H2,1H3,(H,13,15)(H,16,17)/t8?,9-,10+/m1/s1. The quantitative estimate of drug-likeness (QED) is 0.601. The lowest BCUT2D eigenvalue weighted by Crippen LogP contribution is -2.30. The Morgan fingerprint density at radius 1 is 1.35 bits per heavy atom. The Labute approximate surface area is 101 Å². The van der Waals surface area contributed by atoms with Gasteiger partial charge < -0.3 is 15.5 Å². The van der Waals surface area contributed by atoms with Crippen LogP contribution in [0.2, 0.25) is 0 Å². The van der Waals surface area contributed by atoms with Crippen LogP contribution in [0.1, 0.15) is 39.0 Å². The zero-order valence-corrected chi connectivity index (χ0v) is 10.2. The fraction of sp³-hybridized carbons (Fsp3) is 0.833. The van der Waals surface area contributed by atoms with Gasteiger partial charge in [0.2, 0.25) is 5.91 Å². The molecule has 0 spiro atoms. The van der Waals surface area contributed by atoms with Crippen molar-refractivity contribution in [2.45, 2.75) is 45.1 Å². The Kier molecular flexibility index (Phi) is 5.41. The van der Waals surface area contributed by atoms with E-state index in [1.807, 2.05) is 0 Å². The van der Waals surface area contributed by atoms with Crippen molar-refractivity contribution in [3.63, 3.8) is 0 Å². The summed E-state index contributed by atoms with van der Waals surface area (Å²) in [6, 6.07) is 0. The molecule has 1 aliphatic carbocycles. The van der Waals surface area contributed by atoms with E-state index in [9.17, 15) is 9.59 Å². The van der Waals surface area contributed by atoms with Crippen molar-refractivity contribution in [3.8, 4) is 0 Å². The minimum absolute atomic E-state index is 0.0423. The molecule has 0 heterocycles. The molecule has 1 fully saturated rings. The Balaban J connectivity index is 2.19. The van der Waals surface area contributed by atoms with Crippen molar-refractivity contribution in [3.05, 3.63) is 0 Å². The Hall–Kier alpha value is -1.10. The van der Waals surface area contributed by atoms with Crippen LogP contribution in [-0.4, -0.2) is 34.7 Å². The van der Waals surface area contributed by atoms with E-state index in [0.717, 1.165) is 6.42 Å². The lowest BCUT2D eigenvalue weighted by atomic mass is 10.0. The maximum atomic E-state index is 11.7. The summed E-state index contributed by atoms with van der Waals surface area (Å²) in [6.45, 7) is 2.27. The first-order valence-corrected chi connectivity index (χ1v) is 6.19. The maximum Gasteiger partial charge on any atom is 0.306 e. The molecule has 3 N–H and O–H groups in total. The summed E-state index contributed by atoms with van der Waals surface area (Å²) in [5.41, 5.74) is 0. The molecule has 1 amide bonds. The number of aliphatic carboxylic acids is 1. The van der Waals surface area contributed by atoms with Gasteiger partial charge in [0.1, 0.15) is 0 Å². The first kappa shape index (κ1) is 14.0. The highest BCUT2D eigenvalue weighted by molar-refractivity contribution is 5.80. The van der Waals surface area contributed by atoms with Gasteiger partial charge in [0, 0.05) is 12.5 Å². The molecule has 0 radical (unpaired) electrons. The first-order chi connectivity index (χ1) is 8.00. The second-order valence-corrected chi connectivity index (χ2v) is 4.83. The molecule has 1 rings (SSSR count). The predicted molar refractivity (Wildman–Crippen MR) is 62.4 cm³/mol. The Morgan fingerprint density at radius 3 is 2.53 bits per heavy atom. The van der Waals surface area contributed by atoms with Crippen LogP contribution in [-0.2, 0) is 9.59 Å². The Morgan fingerprint density at radius 2 is 2.00 bits per heavy atom. The molecule has 0 saturated heterocycles. The number of hydrogen-bond donors (Lipinski definition) is 3. The van der Waals surface area contributed by atoms with Crippen molar-refractivity contribution in [1.82, 2.24) is 5.32 Å². The van der Waals surface area contributed by atoms with Crippen LogP contribution < -0.4 is 5.32 Å². The van der Waals surface area contributed by atoms with Gasteiger partial charge in [0.15, 0.2) is 0 Å². The second kappa shape index (κ2) is 6.59. The fourth-order valence-corrected chi connectivity index (χ4v) is 2.20. The molecule has 3 atom stereocenters. The summed E-state index contributed by atoms with van der Waals surface area (Å²) in [6.07, 6.45) is 2.80. The summed E-state index contributed by atoms with van der Waals surface area (Å²) in [4.78, 5) is 22.4. The number of aliphatic hydroxyl groups excluding tert-OH is 1. The van der Waals surface area contributed by atoms with Gasteiger partial charge in [-0.05, 0) is 39.0 Å². The molecule has 98 valence electrons. The van der Waals surface area contributed by atoms with Gasteiger partial charge in [-0.2, -0.15) is 0 Å². The smallest absolute Gasteiger partial charge is 0.306 e. The summed E-state index contributed by atoms with van der Waals surface area (Å²) in [5.74, 6) is -1.35. The number of carboxylic acid groups (broad SMARTS) is 1. The minimum atomic E-state index is -0.797. The van der Waals surface area contributed by atoms with Crippen LogP contribution in [0.25, 0.3) is 0 Å². The molecule has 5 heteroatoms. The van der Waals surface area contributed by atoms with Crippen LogP contribution >= 0.6 is 0 Å². The van der Waals surface area contributed by atoms with Crippen molar-refractivity contribution in [2.75, 3.05) is 6.54 Å². The van der Waals surface area contributed by atoms with E-state index in [-0.39, 0.29) is 23.8 Å². The van der Waals surface area contributed by atoms with Gasteiger partial charge in [-0.25, -0.2) is 0 Å². The van der Waals surface area contributed by atoms with E-state index < -0.39 is 5.97 Å². The zero-order valence-electron chi connectivity index (χ0n) is 10.2. The highest BCUT2D eigenvalue weighted by Gasteiger charge is 2.33. The van der Waals surface area contributed by atoms with E-state index in [0.29, 0.717) is 32.2 Å². The highest BCUT2D eigenvalue weighted by Crippen LogP contribution is 2.30. The van der Waals surface area contributed by atoms with E-state index in [1.54, 1.807) is 6.92 Å². The molecule has 17 heavy (non-hydrogen) atoms. The van der Waals surface area contributed by atoms with Gasteiger partial charge in [-0.3, -0.25) is 9.59 Å². The maximum absolute atomic E-state index is 11.7. The van der Waals surface area contributed by atoms with Crippen LogP contribution in [0.15, 0.2) is 0 Å². The number of rotatable bonds is 6. The molecule has 0 aromatic rings. The van der Waals surface area contributed by atoms with Crippen LogP contribution in [0.4, 0.5) is 0 Å². The molecule has 1 saturated carbocycles. The average molecular weight is 243 g/mol. The largest absolute Gasteiger partial charge is 0.481 e. The van der Waals surface area contributed by atoms with Crippen LogP contribution in [0, 0.1) is 11.8 Å². The molecular weight excluding hydrogens is 222 g/mol. The van der Waals surface area contributed by atoms with Crippen molar-refractivity contribution >= 4 is 11.9 Å². The number of amides is 1. The summed E-state index contributed by atoms with van der Waals surface area (Å²) < 4.78 is 0.